The highest BCUT2D eigenvalue weighted by Crippen LogP contribution is 2.39. The fourth-order valence-corrected chi connectivity index (χ4v) is 7.77. The van der Waals surface area contributed by atoms with Gasteiger partial charge in [-0.25, -0.2) is 4.98 Å². The van der Waals surface area contributed by atoms with Crippen molar-refractivity contribution in [2.75, 3.05) is 0 Å². The molecule has 2 aromatic heterocycles. The first-order valence-corrected chi connectivity index (χ1v) is 17.7. The van der Waals surface area contributed by atoms with Gasteiger partial charge in [0.25, 0.3) is 0 Å². The van der Waals surface area contributed by atoms with Crippen molar-refractivity contribution in [1.29, 1.82) is 0 Å². The van der Waals surface area contributed by atoms with Gasteiger partial charge < -0.3 is 0 Å². The summed E-state index contributed by atoms with van der Waals surface area (Å²) in [6.45, 7) is 0. The fraction of sp³-hybridized carbons (Fsp3) is 0. The van der Waals surface area contributed by atoms with Gasteiger partial charge in [0.15, 0.2) is 0 Å². The van der Waals surface area contributed by atoms with Crippen molar-refractivity contribution in [3.8, 4) is 55.8 Å². The molecule has 0 fully saturated rings. The molecular formula is C50H32N2. The smallest absolute Gasteiger partial charge is 0.0716 e. The molecule has 0 atom stereocenters. The molecule has 2 heteroatoms. The van der Waals surface area contributed by atoms with E-state index in [0.717, 1.165) is 38.9 Å². The van der Waals surface area contributed by atoms with Crippen LogP contribution in [0.3, 0.4) is 0 Å². The fourth-order valence-electron chi connectivity index (χ4n) is 7.77. The molecule has 0 spiro atoms. The van der Waals surface area contributed by atoms with E-state index in [1.807, 2.05) is 24.5 Å². The number of benzene rings is 8. The third-order valence-corrected chi connectivity index (χ3v) is 10.4. The Kier molecular flexibility index (Phi) is 7.18. The normalized spacial score (nSPS) is 11.5. The first-order valence-electron chi connectivity index (χ1n) is 17.7. The number of para-hydroxylation sites is 1. The number of aromatic nitrogens is 2. The lowest BCUT2D eigenvalue weighted by Gasteiger charge is -2.13. The molecule has 2 nitrogen and oxygen atoms in total. The Labute approximate surface area is 302 Å². The molecule has 0 saturated heterocycles. The summed E-state index contributed by atoms with van der Waals surface area (Å²) in [5, 5.41) is 8.88. The maximum atomic E-state index is 5.17. The molecule has 10 aromatic rings. The second-order valence-electron chi connectivity index (χ2n) is 13.4. The zero-order valence-corrected chi connectivity index (χ0v) is 28.4. The van der Waals surface area contributed by atoms with Gasteiger partial charge in [0.1, 0.15) is 0 Å². The maximum absolute atomic E-state index is 5.17. The number of pyridine rings is 2. The van der Waals surface area contributed by atoms with Crippen molar-refractivity contribution in [2.45, 2.75) is 0 Å². The molecule has 0 amide bonds. The third kappa shape index (κ3) is 5.21. The molecule has 2 heterocycles. The summed E-state index contributed by atoms with van der Waals surface area (Å²) in [4.78, 5) is 9.34. The van der Waals surface area contributed by atoms with Gasteiger partial charge in [0, 0.05) is 23.3 Å². The summed E-state index contributed by atoms with van der Waals surface area (Å²) in [7, 11) is 0. The van der Waals surface area contributed by atoms with E-state index < -0.39 is 0 Å². The van der Waals surface area contributed by atoms with E-state index in [2.05, 4.69) is 175 Å². The van der Waals surface area contributed by atoms with Crippen molar-refractivity contribution in [3.63, 3.8) is 0 Å². The second kappa shape index (κ2) is 12.5. The number of hydrogen-bond acceptors (Lipinski definition) is 2. The molecule has 0 N–H and O–H groups in total. The van der Waals surface area contributed by atoms with Gasteiger partial charge in [0.2, 0.25) is 0 Å². The largest absolute Gasteiger partial charge is 0.265 e. The molecule has 242 valence electrons. The van der Waals surface area contributed by atoms with Crippen molar-refractivity contribution in [3.05, 3.63) is 194 Å². The third-order valence-electron chi connectivity index (χ3n) is 10.4. The van der Waals surface area contributed by atoms with E-state index in [0.29, 0.717) is 0 Å². The molecule has 0 saturated carbocycles. The summed E-state index contributed by atoms with van der Waals surface area (Å²) in [5.41, 5.74) is 12.4. The molecule has 10 rings (SSSR count). The summed E-state index contributed by atoms with van der Waals surface area (Å²) in [5.74, 6) is 0. The van der Waals surface area contributed by atoms with Crippen molar-refractivity contribution in [1.82, 2.24) is 9.97 Å². The maximum Gasteiger partial charge on any atom is 0.0716 e. The Bertz CT molecular complexity index is 2910. The van der Waals surface area contributed by atoms with Gasteiger partial charge in [-0.2, -0.15) is 0 Å². The van der Waals surface area contributed by atoms with Crippen molar-refractivity contribution < 1.29 is 0 Å². The predicted octanol–water partition coefficient (Wildman–Crippen LogP) is 13.4. The number of nitrogens with zero attached hydrogens (tertiary/aromatic N) is 2. The van der Waals surface area contributed by atoms with E-state index in [1.165, 1.54) is 60.1 Å². The SMILES string of the molecule is c1cc(-c2cccc(-c3cc(-c4ccc(-c5ccncc5)cc4)c4ccccc4n3)c2)cc(-c2ccc3c4ccccc4c4ccccc4c3c2)c1. The minimum Gasteiger partial charge on any atom is -0.265 e. The highest BCUT2D eigenvalue weighted by molar-refractivity contribution is 6.25. The van der Waals surface area contributed by atoms with Crippen LogP contribution in [0.15, 0.2) is 194 Å². The Hall–Kier alpha value is -6.90. The molecule has 8 aromatic carbocycles. The minimum absolute atomic E-state index is 0.957. The Morgan fingerprint density at radius 2 is 0.731 bits per heavy atom. The van der Waals surface area contributed by atoms with Crippen LogP contribution < -0.4 is 0 Å². The van der Waals surface area contributed by atoms with Crippen molar-refractivity contribution >= 4 is 43.2 Å². The average Bonchev–Trinajstić information content (AvgIpc) is 3.23. The summed E-state index contributed by atoms with van der Waals surface area (Å²) < 4.78 is 0. The van der Waals surface area contributed by atoms with Crippen LogP contribution in [0.5, 0.6) is 0 Å². The van der Waals surface area contributed by atoms with Gasteiger partial charge in [-0.05, 0) is 119 Å². The van der Waals surface area contributed by atoms with Crippen LogP contribution in [0.4, 0.5) is 0 Å². The van der Waals surface area contributed by atoms with Crippen LogP contribution in [-0.4, -0.2) is 9.97 Å². The lowest BCUT2D eigenvalue weighted by Crippen LogP contribution is -1.91. The van der Waals surface area contributed by atoms with E-state index >= 15 is 0 Å². The minimum atomic E-state index is 0.957. The van der Waals surface area contributed by atoms with E-state index in [1.54, 1.807) is 0 Å². The Morgan fingerprint density at radius 3 is 1.38 bits per heavy atom. The van der Waals surface area contributed by atoms with Gasteiger partial charge in [-0.1, -0.05) is 140 Å². The average molecular weight is 661 g/mol. The zero-order chi connectivity index (χ0) is 34.4. The van der Waals surface area contributed by atoms with Crippen LogP contribution >= 0.6 is 0 Å². The molecular weight excluding hydrogens is 629 g/mol. The zero-order valence-electron chi connectivity index (χ0n) is 28.4. The van der Waals surface area contributed by atoms with E-state index in [9.17, 15) is 0 Å². The van der Waals surface area contributed by atoms with Crippen molar-refractivity contribution in [2.24, 2.45) is 0 Å². The van der Waals surface area contributed by atoms with Crippen LogP contribution in [0.1, 0.15) is 0 Å². The van der Waals surface area contributed by atoms with Crippen LogP contribution in [0.2, 0.25) is 0 Å². The van der Waals surface area contributed by atoms with Gasteiger partial charge >= 0.3 is 0 Å². The predicted molar refractivity (Wildman–Crippen MR) is 219 cm³/mol. The monoisotopic (exact) mass is 660 g/mol. The summed E-state index contributed by atoms with van der Waals surface area (Å²) >= 11 is 0. The standard InChI is InChI=1S/C50H32N2/c1-2-15-43-41(13-1)42-14-3-4-16-44(42)48-31-39(23-24-45(43)48)37-10-7-9-36(29-37)38-11-8-12-40(30-38)50-32-47(46-17-5-6-18-49(46)52-50)35-21-19-33(20-22-35)34-25-27-51-28-26-34/h1-32H. The quantitative estimate of drug-likeness (QED) is 0.172. The lowest BCUT2D eigenvalue weighted by molar-refractivity contribution is 1.33. The van der Waals surface area contributed by atoms with Gasteiger partial charge in [-0.3, -0.25) is 4.98 Å². The molecule has 0 aliphatic heterocycles. The van der Waals surface area contributed by atoms with Crippen LogP contribution in [-0.2, 0) is 0 Å². The summed E-state index contributed by atoms with van der Waals surface area (Å²) in [6, 6.07) is 65.7. The number of rotatable bonds is 5. The van der Waals surface area contributed by atoms with E-state index in [-0.39, 0.29) is 0 Å². The first kappa shape index (κ1) is 30.0. The summed E-state index contributed by atoms with van der Waals surface area (Å²) in [6.07, 6.45) is 3.67. The van der Waals surface area contributed by atoms with Crippen LogP contribution in [0, 0.1) is 0 Å². The van der Waals surface area contributed by atoms with Gasteiger partial charge in [-0.15, -0.1) is 0 Å². The molecule has 0 bridgehead atoms. The molecule has 0 unspecified atom stereocenters. The molecule has 0 aliphatic rings. The highest BCUT2D eigenvalue weighted by atomic mass is 14.7. The first-order chi connectivity index (χ1) is 25.8. The molecule has 52 heavy (non-hydrogen) atoms. The topological polar surface area (TPSA) is 25.8 Å². The lowest BCUT2D eigenvalue weighted by atomic mass is 9.91. The van der Waals surface area contributed by atoms with Crippen LogP contribution in [0.25, 0.3) is 99.0 Å². The number of fused-ring (bicyclic) bond motifs is 7. The highest BCUT2D eigenvalue weighted by Gasteiger charge is 2.13. The van der Waals surface area contributed by atoms with Gasteiger partial charge in [0.05, 0.1) is 11.2 Å². The Morgan fingerprint density at radius 1 is 0.269 bits per heavy atom. The number of hydrogen-bond donors (Lipinski definition) is 0. The molecule has 0 radical (unpaired) electrons. The van der Waals surface area contributed by atoms with E-state index in [4.69, 9.17) is 4.98 Å². The second-order valence-corrected chi connectivity index (χ2v) is 13.4. The molecule has 0 aliphatic carbocycles. The Balaban J connectivity index is 1.04.